The number of piperidine rings is 1. The van der Waals surface area contributed by atoms with Crippen molar-refractivity contribution in [3.05, 3.63) is 63.7 Å². The molecule has 2 aromatic carbocycles. The Hall–Kier alpha value is -2.78. The lowest BCUT2D eigenvalue weighted by Crippen LogP contribution is -2.43. The summed E-state index contributed by atoms with van der Waals surface area (Å²) in [5.74, 6) is -1.58. The van der Waals surface area contributed by atoms with Crippen molar-refractivity contribution in [2.24, 2.45) is 5.92 Å². The summed E-state index contributed by atoms with van der Waals surface area (Å²) in [6.07, 6.45) is 3.57. The van der Waals surface area contributed by atoms with Gasteiger partial charge in [-0.3, -0.25) is 14.9 Å². The maximum Gasteiger partial charge on any atom is 0.326 e. The van der Waals surface area contributed by atoms with Crippen molar-refractivity contribution in [3.8, 4) is 0 Å². The zero-order valence-electron chi connectivity index (χ0n) is 19.8. The van der Waals surface area contributed by atoms with Crippen LogP contribution in [0.3, 0.4) is 0 Å². The van der Waals surface area contributed by atoms with Crippen molar-refractivity contribution in [2.75, 3.05) is 11.9 Å². The number of para-hydroxylation sites is 1. The van der Waals surface area contributed by atoms with E-state index in [1.165, 1.54) is 17.8 Å². The first-order valence-electron chi connectivity index (χ1n) is 12.2. The van der Waals surface area contributed by atoms with Crippen LogP contribution < -0.4 is 5.32 Å². The lowest BCUT2D eigenvalue weighted by molar-refractivity contribution is -0.387. The molecule has 36 heavy (non-hydrogen) atoms. The Kier molecular flexibility index (Phi) is 6.87. The van der Waals surface area contributed by atoms with E-state index in [1.807, 2.05) is 11.0 Å². The van der Waals surface area contributed by atoms with Crippen molar-refractivity contribution in [1.82, 2.24) is 4.90 Å². The number of carbonyl (C=O) groups is 2. The van der Waals surface area contributed by atoms with E-state index in [9.17, 15) is 24.8 Å². The number of hydrogen-bond donors (Lipinski definition) is 2. The molecular weight excluding hydrogens is 502 g/mol. The highest BCUT2D eigenvalue weighted by Gasteiger charge is 2.52. The average Bonchev–Trinajstić information content (AvgIpc) is 3.19. The fourth-order valence-corrected chi connectivity index (χ4v) is 7.87. The van der Waals surface area contributed by atoms with E-state index < -0.39 is 22.3 Å². The van der Waals surface area contributed by atoms with Crippen LogP contribution >= 0.6 is 23.4 Å². The highest BCUT2D eigenvalue weighted by Crippen LogP contribution is 2.55. The Morgan fingerprint density at radius 1 is 1.22 bits per heavy atom. The highest BCUT2D eigenvalue weighted by molar-refractivity contribution is 8.00. The number of halogens is 1. The number of nitro benzene ring substituents is 1. The molecule has 1 saturated heterocycles. The molecule has 2 fully saturated rings. The highest BCUT2D eigenvalue weighted by atomic mass is 35.5. The molecule has 0 aromatic heterocycles. The summed E-state index contributed by atoms with van der Waals surface area (Å²) in [6, 6.07) is 11.3. The van der Waals surface area contributed by atoms with Crippen LogP contribution in [-0.4, -0.2) is 56.1 Å². The van der Waals surface area contributed by atoms with Gasteiger partial charge in [0.25, 0.3) is 11.6 Å². The van der Waals surface area contributed by atoms with Gasteiger partial charge in [-0.15, -0.1) is 23.4 Å². The maximum atomic E-state index is 13.4. The number of hydrogen-bond acceptors (Lipinski definition) is 6. The first-order chi connectivity index (χ1) is 17.3. The van der Waals surface area contributed by atoms with E-state index in [0.29, 0.717) is 22.6 Å². The fraction of sp³-hybridized carbons (Fsp3) is 0.462. The minimum Gasteiger partial charge on any atom is -0.480 e. The van der Waals surface area contributed by atoms with E-state index in [0.717, 1.165) is 31.4 Å². The van der Waals surface area contributed by atoms with E-state index in [2.05, 4.69) is 12.2 Å². The number of rotatable bonds is 5. The Morgan fingerprint density at radius 2 is 2.00 bits per heavy atom. The number of benzene rings is 2. The predicted octanol–water partition coefficient (Wildman–Crippen LogP) is 5.36. The number of carbonyl (C=O) groups excluding carboxylic acids is 1. The van der Waals surface area contributed by atoms with E-state index in [1.54, 1.807) is 30.3 Å². The van der Waals surface area contributed by atoms with Gasteiger partial charge in [-0.1, -0.05) is 12.1 Å². The molecule has 2 heterocycles. The fourth-order valence-electron chi connectivity index (χ4n) is 5.93. The number of amides is 1. The summed E-state index contributed by atoms with van der Waals surface area (Å²) in [4.78, 5) is 39.1. The molecule has 190 valence electrons. The molecule has 5 rings (SSSR count). The Bertz CT molecular complexity index is 1210. The molecular formula is C26H28ClN3O5S. The zero-order valence-corrected chi connectivity index (χ0v) is 21.4. The largest absolute Gasteiger partial charge is 0.480 e. The second kappa shape index (κ2) is 9.94. The smallest absolute Gasteiger partial charge is 0.326 e. The van der Waals surface area contributed by atoms with E-state index in [4.69, 9.17) is 11.6 Å². The van der Waals surface area contributed by atoms with E-state index in [-0.39, 0.29) is 34.7 Å². The van der Waals surface area contributed by atoms with Gasteiger partial charge in [0.1, 0.15) is 6.04 Å². The van der Waals surface area contributed by atoms with Crippen LogP contribution in [-0.2, 0) is 4.79 Å². The minimum absolute atomic E-state index is 0.0121. The summed E-state index contributed by atoms with van der Waals surface area (Å²) < 4.78 is 0. The lowest BCUT2D eigenvalue weighted by atomic mass is 9.79. The van der Waals surface area contributed by atoms with Gasteiger partial charge in [-0.05, 0) is 68.4 Å². The first kappa shape index (κ1) is 24.9. The number of aliphatic carboxylic acids is 1. The number of alkyl halides is 1. The summed E-state index contributed by atoms with van der Waals surface area (Å²) in [5, 5.41) is 24.0. The number of carboxylic acid groups (broad SMARTS) is 1. The second-order valence-electron chi connectivity index (χ2n) is 9.86. The third-order valence-electron chi connectivity index (χ3n) is 7.73. The van der Waals surface area contributed by atoms with Gasteiger partial charge in [0, 0.05) is 41.1 Å². The Balaban J connectivity index is 1.48. The average molecular weight is 530 g/mol. The van der Waals surface area contributed by atoms with Crippen LogP contribution in [0.5, 0.6) is 0 Å². The normalized spacial score (nSPS) is 29.1. The number of nitrogens with one attached hydrogen (secondary N) is 1. The zero-order chi connectivity index (χ0) is 25.6. The van der Waals surface area contributed by atoms with Crippen LogP contribution in [0.4, 0.5) is 11.4 Å². The summed E-state index contributed by atoms with van der Waals surface area (Å²) in [7, 11) is 0. The first-order valence-corrected chi connectivity index (χ1v) is 13.6. The van der Waals surface area contributed by atoms with Gasteiger partial charge < -0.3 is 15.3 Å². The SMILES string of the molecule is C[C@@H]1CCCCN1C(=O)c1ccc2c(c1)[C@@H]1[C@H](Cl)[C@H](Sc3ccccc3[N+](=O)[O-])C[C@@H]1[C@H](C(=O)O)N2. The van der Waals surface area contributed by atoms with Gasteiger partial charge in [-0.2, -0.15) is 0 Å². The van der Waals surface area contributed by atoms with Crippen LogP contribution in [0.25, 0.3) is 0 Å². The maximum absolute atomic E-state index is 13.4. The topological polar surface area (TPSA) is 113 Å². The Labute approximate surface area is 218 Å². The molecule has 0 radical (unpaired) electrons. The molecule has 2 aliphatic heterocycles. The molecule has 8 nitrogen and oxygen atoms in total. The van der Waals surface area contributed by atoms with Crippen molar-refractivity contribution in [1.29, 1.82) is 0 Å². The van der Waals surface area contributed by atoms with Gasteiger partial charge in [0.15, 0.2) is 0 Å². The molecule has 6 atom stereocenters. The van der Waals surface area contributed by atoms with Gasteiger partial charge in [0.05, 0.1) is 15.2 Å². The van der Waals surface area contributed by atoms with Crippen molar-refractivity contribution in [2.45, 2.75) is 66.1 Å². The third kappa shape index (κ3) is 4.43. The Morgan fingerprint density at radius 3 is 2.72 bits per heavy atom. The summed E-state index contributed by atoms with van der Waals surface area (Å²) in [5.41, 5.74) is 2.11. The standard InChI is InChI=1S/C26H28ClN3O5S/c1-14-6-4-5-11-29(14)25(31)15-9-10-18-16(12-15)22-17(24(28-18)26(32)33)13-21(23(22)27)36-20-8-3-2-7-19(20)30(34)35/h2-3,7-10,12,14,17,21-24,28H,4-6,11,13H2,1H3,(H,32,33)/t14-,17+,21-,22+,23-,24-/m1/s1. The molecule has 2 aromatic rings. The molecule has 0 unspecified atom stereocenters. The van der Waals surface area contributed by atoms with Crippen LogP contribution in [0.2, 0.25) is 0 Å². The number of anilines is 1. The number of likely N-dealkylation sites (tertiary alicyclic amines) is 1. The minimum atomic E-state index is -0.960. The third-order valence-corrected chi connectivity index (χ3v) is 9.84. The summed E-state index contributed by atoms with van der Waals surface area (Å²) >= 11 is 8.36. The number of nitro groups is 1. The van der Waals surface area contributed by atoms with Crippen LogP contribution in [0.1, 0.15) is 54.4 Å². The lowest BCUT2D eigenvalue weighted by Gasteiger charge is -2.37. The summed E-state index contributed by atoms with van der Waals surface area (Å²) in [6.45, 7) is 2.80. The molecule has 0 spiro atoms. The van der Waals surface area contributed by atoms with Crippen molar-refractivity contribution in [3.63, 3.8) is 0 Å². The number of carboxylic acids is 1. The van der Waals surface area contributed by atoms with Gasteiger partial charge >= 0.3 is 5.97 Å². The molecule has 2 N–H and O–H groups in total. The second-order valence-corrected chi connectivity index (χ2v) is 11.6. The monoisotopic (exact) mass is 529 g/mol. The number of thioether (sulfide) groups is 1. The van der Waals surface area contributed by atoms with E-state index >= 15 is 0 Å². The molecule has 1 amide bonds. The molecule has 3 aliphatic rings. The number of fused-ring (bicyclic) bond motifs is 3. The van der Waals surface area contributed by atoms with Crippen LogP contribution in [0.15, 0.2) is 47.4 Å². The molecule has 1 aliphatic carbocycles. The van der Waals surface area contributed by atoms with Gasteiger partial charge in [-0.25, -0.2) is 4.79 Å². The molecule has 1 saturated carbocycles. The molecule has 10 heteroatoms. The van der Waals surface area contributed by atoms with Crippen molar-refractivity contribution >= 4 is 46.6 Å². The number of nitrogens with zero attached hydrogens (tertiary/aromatic N) is 2. The van der Waals surface area contributed by atoms with Crippen molar-refractivity contribution < 1.29 is 19.6 Å². The van der Waals surface area contributed by atoms with Crippen LogP contribution in [0, 0.1) is 16.0 Å². The van der Waals surface area contributed by atoms with Gasteiger partial charge in [0.2, 0.25) is 0 Å². The molecule has 0 bridgehead atoms. The quantitative estimate of drug-likeness (QED) is 0.304. The predicted molar refractivity (Wildman–Crippen MR) is 139 cm³/mol.